The lowest BCUT2D eigenvalue weighted by Gasteiger charge is -2.27. The van der Waals surface area contributed by atoms with Gasteiger partial charge in [-0.3, -0.25) is 4.79 Å². The van der Waals surface area contributed by atoms with E-state index in [1.54, 1.807) is 0 Å². The van der Waals surface area contributed by atoms with Crippen molar-refractivity contribution < 1.29 is 35.5 Å². The maximum Gasteiger partial charge on any atom is 0.416 e. The fourth-order valence-electron chi connectivity index (χ4n) is 2.07. The van der Waals surface area contributed by atoms with Gasteiger partial charge in [0.2, 0.25) is 5.91 Å². The first-order chi connectivity index (χ1) is 9.99. The first kappa shape index (κ1) is 16.9. The monoisotopic (exact) mass is 347 g/mol. The second-order valence-corrected chi connectivity index (χ2v) is 5.60. The molecule has 0 N–H and O–H groups in total. The van der Waals surface area contributed by atoms with Crippen LogP contribution in [0.2, 0.25) is 0 Å². The van der Waals surface area contributed by atoms with Crippen molar-refractivity contribution in [3.05, 3.63) is 35.1 Å². The van der Waals surface area contributed by atoms with Crippen molar-refractivity contribution in [3.8, 4) is 0 Å². The topological polar surface area (TPSA) is 20.3 Å². The van der Waals surface area contributed by atoms with Gasteiger partial charge >= 0.3 is 12.4 Å². The number of rotatable bonds is 2. The van der Waals surface area contributed by atoms with Crippen molar-refractivity contribution in [1.82, 2.24) is 4.90 Å². The normalized spacial score (nSPS) is 19.9. The fraction of sp³-hybridized carbons (Fsp3) is 0.417. The maximum absolute atomic E-state index is 13.2. The van der Waals surface area contributed by atoms with Crippen LogP contribution in [-0.2, 0) is 11.0 Å². The summed E-state index contributed by atoms with van der Waals surface area (Å²) in [6, 6.07) is 1.55. The van der Waals surface area contributed by atoms with E-state index in [0.717, 1.165) is 0 Å². The molecule has 1 fully saturated rings. The Morgan fingerprint density at radius 3 is 2.36 bits per heavy atom. The molecule has 1 atom stereocenters. The van der Waals surface area contributed by atoms with E-state index < -0.39 is 52.9 Å². The van der Waals surface area contributed by atoms with Crippen molar-refractivity contribution in [2.24, 2.45) is 0 Å². The molecule has 1 aliphatic heterocycles. The van der Waals surface area contributed by atoms with Gasteiger partial charge in [-0.25, -0.2) is 4.39 Å². The van der Waals surface area contributed by atoms with E-state index in [9.17, 15) is 35.5 Å². The molecule has 122 valence electrons. The summed E-state index contributed by atoms with van der Waals surface area (Å²) in [4.78, 5) is 11.8. The molecule has 22 heavy (non-hydrogen) atoms. The Morgan fingerprint density at radius 2 is 1.82 bits per heavy atom. The zero-order chi connectivity index (χ0) is 16.7. The molecule has 1 aliphatic rings. The average molecular weight is 347 g/mol. The average Bonchev–Trinajstić information content (AvgIpc) is 2.67. The van der Waals surface area contributed by atoms with Crippen molar-refractivity contribution >= 4 is 17.7 Å². The molecule has 1 saturated heterocycles. The van der Waals surface area contributed by atoms with Crippen molar-refractivity contribution in [1.29, 1.82) is 0 Å². The molecular formula is C12H8F7NOS. The lowest BCUT2D eigenvalue weighted by molar-refractivity contribution is -0.160. The summed E-state index contributed by atoms with van der Waals surface area (Å²) in [6.07, 6.45) is -9.62. The van der Waals surface area contributed by atoms with Crippen LogP contribution in [-0.4, -0.2) is 29.3 Å². The molecule has 1 unspecified atom stereocenters. The van der Waals surface area contributed by atoms with Crippen molar-refractivity contribution in [3.63, 3.8) is 0 Å². The zero-order valence-corrected chi connectivity index (χ0v) is 11.4. The molecule has 0 aliphatic carbocycles. The highest BCUT2D eigenvalue weighted by Crippen LogP contribution is 2.45. The molecule has 10 heteroatoms. The summed E-state index contributed by atoms with van der Waals surface area (Å²) < 4.78 is 89.5. The fourth-order valence-corrected chi connectivity index (χ4v) is 3.28. The molecule has 0 saturated carbocycles. The SMILES string of the molecule is O=C1CSC(c2cc(F)ccc2C(F)(F)F)N1CC(F)(F)F. The third kappa shape index (κ3) is 3.65. The minimum atomic E-state index is -4.86. The minimum absolute atomic E-state index is 0.286. The Hall–Kier alpha value is -1.45. The Balaban J connectivity index is 2.45. The van der Waals surface area contributed by atoms with E-state index in [4.69, 9.17) is 0 Å². The number of hydrogen-bond donors (Lipinski definition) is 0. The van der Waals surface area contributed by atoms with Crippen molar-refractivity contribution in [2.45, 2.75) is 17.7 Å². The largest absolute Gasteiger partial charge is 0.416 e. The number of nitrogens with zero attached hydrogens (tertiary/aromatic N) is 1. The predicted octanol–water partition coefficient (Wildman–Crippen LogP) is 3.98. The molecule has 1 aromatic carbocycles. The number of thioether (sulfide) groups is 1. The maximum atomic E-state index is 13.2. The quantitative estimate of drug-likeness (QED) is 0.755. The second kappa shape index (κ2) is 5.64. The van der Waals surface area contributed by atoms with Gasteiger partial charge in [-0.15, -0.1) is 11.8 Å². The summed E-state index contributed by atoms with van der Waals surface area (Å²) in [5.74, 6) is -2.35. The second-order valence-electron chi connectivity index (χ2n) is 4.53. The molecule has 0 radical (unpaired) electrons. The Kier molecular flexibility index (Phi) is 4.33. The molecule has 1 amide bonds. The standard InChI is InChI=1S/C12H8F7NOS/c13-6-1-2-8(12(17,18)19)7(3-6)10-20(5-11(14,15)16)9(21)4-22-10/h1-3,10H,4-5H2. The van der Waals surface area contributed by atoms with Crippen LogP contribution in [0.4, 0.5) is 30.7 Å². The van der Waals surface area contributed by atoms with Gasteiger partial charge in [0.05, 0.1) is 11.3 Å². The summed E-state index contributed by atoms with van der Waals surface area (Å²) in [7, 11) is 0. The lowest BCUT2D eigenvalue weighted by atomic mass is 10.1. The van der Waals surface area contributed by atoms with Crippen LogP contribution >= 0.6 is 11.8 Å². The van der Waals surface area contributed by atoms with Gasteiger partial charge in [0.25, 0.3) is 0 Å². The van der Waals surface area contributed by atoms with Crippen LogP contribution in [0.5, 0.6) is 0 Å². The predicted molar refractivity (Wildman–Crippen MR) is 64.4 cm³/mol. The molecule has 0 aromatic heterocycles. The van der Waals surface area contributed by atoms with Gasteiger partial charge in [-0.2, -0.15) is 26.3 Å². The van der Waals surface area contributed by atoms with E-state index in [2.05, 4.69) is 0 Å². The molecular weight excluding hydrogens is 339 g/mol. The van der Waals surface area contributed by atoms with E-state index in [1.165, 1.54) is 0 Å². The van der Waals surface area contributed by atoms with Crippen LogP contribution in [0, 0.1) is 5.82 Å². The van der Waals surface area contributed by atoms with Gasteiger partial charge in [-0.1, -0.05) is 0 Å². The highest BCUT2D eigenvalue weighted by molar-refractivity contribution is 8.00. The number of hydrogen-bond acceptors (Lipinski definition) is 2. The van der Waals surface area contributed by atoms with Gasteiger partial charge in [0, 0.05) is 0 Å². The molecule has 0 spiro atoms. The Morgan fingerprint density at radius 1 is 1.18 bits per heavy atom. The van der Waals surface area contributed by atoms with Gasteiger partial charge in [-0.05, 0) is 23.8 Å². The minimum Gasteiger partial charge on any atom is -0.317 e. The van der Waals surface area contributed by atoms with E-state index >= 15 is 0 Å². The first-order valence-corrected chi connectivity index (χ1v) is 6.88. The van der Waals surface area contributed by atoms with Gasteiger partial charge < -0.3 is 4.90 Å². The third-order valence-corrected chi connectivity index (χ3v) is 4.14. The van der Waals surface area contributed by atoms with E-state index in [1.807, 2.05) is 0 Å². The van der Waals surface area contributed by atoms with Gasteiger partial charge in [0.1, 0.15) is 17.7 Å². The van der Waals surface area contributed by atoms with Crippen LogP contribution in [0.25, 0.3) is 0 Å². The number of alkyl halides is 6. The molecule has 2 rings (SSSR count). The summed E-state index contributed by atoms with van der Waals surface area (Å²) in [5, 5.41) is -1.53. The Bertz CT molecular complexity index is 584. The molecule has 1 heterocycles. The summed E-state index contributed by atoms with van der Waals surface area (Å²) in [5.41, 5.74) is -1.94. The highest BCUT2D eigenvalue weighted by Gasteiger charge is 2.44. The molecule has 1 aromatic rings. The number of carbonyl (C=O) groups excluding carboxylic acids is 1. The third-order valence-electron chi connectivity index (χ3n) is 2.90. The van der Waals surface area contributed by atoms with Crippen LogP contribution in [0.3, 0.4) is 0 Å². The zero-order valence-electron chi connectivity index (χ0n) is 10.6. The van der Waals surface area contributed by atoms with E-state index in [0.29, 0.717) is 30.0 Å². The molecule has 2 nitrogen and oxygen atoms in total. The highest BCUT2D eigenvalue weighted by atomic mass is 32.2. The van der Waals surface area contributed by atoms with Gasteiger partial charge in [0.15, 0.2) is 0 Å². The van der Waals surface area contributed by atoms with Crippen LogP contribution in [0.15, 0.2) is 18.2 Å². The number of benzene rings is 1. The number of halogens is 7. The number of carbonyl (C=O) groups is 1. The smallest absolute Gasteiger partial charge is 0.317 e. The lowest BCUT2D eigenvalue weighted by Crippen LogP contribution is -2.37. The summed E-state index contributed by atoms with van der Waals surface area (Å²) in [6.45, 7) is -1.68. The van der Waals surface area contributed by atoms with E-state index in [-0.39, 0.29) is 4.90 Å². The number of amides is 1. The van der Waals surface area contributed by atoms with Crippen LogP contribution in [0.1, 0.15) is 16.5 Å². The Labute approximate surface area is 124 Å². The molecule has 0 bridgehead atoms. The van der Waals surface area contributed by atoms with Crippen molar-refractivity contribution in [2.75, 3.05) is 12.3 Å². The van der Waals surface area contributed by atoms with Crippen LogP contribution < -0.4 is 0 Å². The first-order valence-electron chi connectivity index (χ1n) is 5.83. The summed E-state index contributed by atoms with van der Waals surface area (Å²) >= 11 is 0.601.